The van der Waals surface area contributed by atoms with Crippen molar-refractivity contribution in [2.45, 2.75) is 4.18 Å². The normalized spacial score (nSPS) is 12.9. The van der Waals surface area contributed by atoms with Crippen LogP contribution in [0.5, 0.6) is 0 Å². The van der Waals surface area contributed by atoms with Crippen molar-refractivity contribution in [3.8, 4) is 0 Å². The molecule has 0 amide bonds. The Morgan fingerprint density at radius 2 is 1.29 bits per heavy atom. The van der Waals surface area contributed by atoms with Crippen molar-refractivity contribution in [3.05, 3.63) is 0 Å². The molecule has 0 saturated carbocycles. The van der Waals surface area contributed by atoms with Gasteiger partial charge in [-0.1, -0.05) is 0 Å². The number of rotatable bonds is 1. The summed E-state index contributed by atoms with van der Waals surface area (Å²) in [7, 11) is 0. The summed E-state index contributed by atoms with van der Waals surface area (Å²) in [4.78, 5) is 0. The van der Waals surface area contributed by atoms with Gasteiger partial charge < -0.3 is 0 Å². The Bertz CT molecular complexity index is 58.4. The van der Waals surface area contributed by atoms with E-state index in [1.54, 1.807) is 0 Å². The van der Waals surface area contributed by atoms with E-state index >= 15 is 0 Å². The van der Waals surface area contributed by atoms with Crippen LogP contribution in [0, 0.1) is 0 Å². The summed E-state index contributed by atoms with van der Waals surface area (Å²) in [5, 5.41) is 0. The number of hydrogen-bond acceptors (Lipinski definition) is 2. The van der Waals surface area contributed by atoms with Gasteiger partial charge in [-0.05, 0) is 0 Å². The van der Waals surface area contributed by atoms with E-state index in [2.05, 4.69) is 11.5 Å². The first-order valence-electron chi connectivity index (χ1n) is 1.52. The van der Waals surface area contributed by atoms with Gasteiger partial charge in [0, 0.05) is 0 Å². The van der Waals surface area contributed by atoms with Crippen LogP contribution in [0.2, 0.25) is 0 Å². The molecule has 0 fully saturated rings. The molecule has 0 spiro atoms. The van der Waals surface area contributed by atoms with Crippen molar-refractivity contribution in [2.75, 3.05) is 0 Å². The third kappa shape index (κ3) is 3.12. The van der Waals surface area contributed by atoms with Crippen molar-refractivity contribution in [3.63, 3.8) is 0 Å². The predicted octanol–water partition coefficient (Wildman–Crippen LogP) is -0.384. The summed E-state index contributed by atoms with van der Waals surface area (Å²) in [6.45, 7) is 0. The fourth-order valence-corrected chi connectivity index (χ4v) is 0. The Morgan fingerprint density at radius 3 is 1.29 bits per heavy atom. The Kier molecular flexibility index (Phi) is 2.34. The first kappa shape index (κ1) is 7.51. The molecule has 0 bridgehead atoms. The molecule has 0 saturated heterocycles. The van der Waals surface area contributed by atoms with Crippen LogP contribution in [-0.2, 0) is 0 Å². The summed E-state index contributed by atoms with van der Waals surface area (Å²) in [5.74, 6) is 0. The molecule has 0 aromatic rings. The molecule has 0 radical (unpaired) electrons. The summed E-state index contributed by atoms with van der Waals surface area (Å²) >= 11 is -6.31. The summed E-state index contributed by atoms with van der Waals surface area (Å²) in [6, 6.07) is 0. The fraction of sp³-hybridized carbons (Fsp3) is 1.00. The SMILES string of the molecule is N[CH](N)[Sn]([F])([F])[F]. The average Bonchev–Trinajstić information content (AvgIpc) is 1.31. The second kappa shape index (κ2) is 2.18. The Balaban J connectivity index is 3.54. The van der Waals surface area contributed by atoms with Gasteiger partial charge in [-0.25, -0.2) is 0 Å². The van der Waals surface area contributed by atoms with Gasteiger partial charge in [0.25, 0.3) is 0 Å². The molecule has 0 heterocycles. The fourth-order valence-electron chi connectivity index (χ4n) is 0. The minimum atomic E-state index is -6.31. The monoisotopic (exact) mass is 222 g/mol. The third-order valence-corrected chi connectivity index (χ3v) is 2.54. The molecule has 0 atom stereocenters. The Morgan fingerprint density at radius 1 is 1.14 bits per heavy atom. The molecule has 0 aliphatic rings. The van der Waals surface area contributed by atoms with Gasteiger partial charge >= 0.3 is 44.3 Å². The second-order valence-electron chi connectivity index (χ2n) is 1.07. The molecule has 7 heavy (non-hydrogen) atoms. The van der Waals surface area contributed by atoms with Gasteiger partial charge in [0.1, 0.15) is 0 Å². The van der Waals surface area contributed by atoms with E-state index in [0.717, 1.165) is 0 Å². The zero-order valence-electron chi connectivity index (χ0n) is 3.37. The van der Waals surface area contributed by atoms with E-state index in [9.17, 15) is 8.60 Å². The van der Waals surface area contributed by atoms with Gasteiger partial charge in [0.05, 0.1) is 0 Å². The Labute approximate surface area is 44.9 Å². The quantitative estimate of drug-likeness (QED) is 0.468. The van der Waals surface area contributed by atoms with Crippen molar-refractivity contribution in [1.29, 1.82) is 0 Å². The van der Waals surface area contributed by atoms with Crippen LogP contribution in [0.15, 0.2) is 0 Å². The molecule has 0 rings (SSSR count). The maximum atomic E-state index is 11.1. The number of nitrogens with two attached hydrogens (primary N) is 2. The van der Waals surface area contributed by atoms with Gasteiger partial charge in [-0.3, -0.25) is 0 Å². The summed E-state index contributed by atoms with van der Waals surface area (Å²) in [6.07, 6.45) is 0. The van der Waals surface area contributed by atoms with Gasteiger partial charge in [0.2, 0.25) is 0 Å². The zero-order chi connectivity index (χ0) is 6.08. The van der Waals surface area contributed by atoms with Crippen LogP contribution in [0.4, 0.5) is 8.60 Å². The van der Waals surface area contributed by atoms with E-state index < -0.39 is 24.3 Å². The number of hydrogen-bond donors (Lipinski definition) is 2. The van der Waals surface area contributed by atoms with Gasteiger partial charge in [-0.15, -0.1) is 0 Å². The van der Waals surface area contributed by atoms with Crippen LogP contribution in [0.1, 0.15) is 0 Å². The topological polar surface area (TPSA) is 52.0 Å². The molecule has 2 nitrogen and oxygen atoms in total. The minimum absolute atomic E-state index is 1.99. The van der Waals surface area contributed by atoms with E-state index in [4.69, 9.17) is 0 Å². The van der Waals surface area contributed by atoms with Crippen LogP contribution >= 0.6 is 0 Å². The second-order valence-corrected chi connectivity index (χ2v) is 6.06. The van der Waals surface area contributed by atoms with Crippen molar-refractivity contribution in [2.24, 2.45) is 11.5 Å². The maximum absolute atomic E-state index is 11.1. The van der Waals surface area contributed by atoms with E-state index in [0.29, 0.717) is 0 Å². The average molecular weight is 221 g/mol. The molecule has 0 aliphatic heterocycles. The standard InChI is InChI=1S/CH5N2.3FH.Sn/c2-1-3;;;;/h1H,2-3H2;3*1H;/q;;;;+3/p-3. The predicted molar refractivity (Wildman–Crippen MR) is 21.2 cm³/mol. The van der Waals surface area contributed by atoms with E-state index in [-0.39, 0.29) is 0 Å². The van der Waals surface area contributed by atoms with Crippen LogP contribution in [0.25, 0.3) is 0 Å². The summed E-state index contributed by atoms with van der Waals surface area (Å²) < 4.78 is 31.4. The van der Waals surface area contributed by atoms with Crippen LogP contribution in [0.3, 0.4) is 0 Å². The Hall–Kier alpha value is 0.509. The molecular formula is CH5F3N2Sn. The van der Waals surface area contributed by atoms with Crippen molar-refractivity contribution >= 4 is 20.1 Å². The molecular weight excluding hydrogens is 216 g/mol. The van der Waals surface area contributed by atoms with Gasteiger partial charge in [0.15, 0.2) is 0 Å². The van der Waals surface area contributed by atoms with E-state index in [1.807, 2.05) is 0 Å². The van der Waals surface area contributed by atoms with E-state index in [1.165, 1.54) is 0 Å². The molecule has 0 unspecified atom stereocenters. The molecule has 6 heteroatoms. The molecule has 0 aromatic heterocycles. The first-order chi connectivity index (χ1) is 2.94. The number of halogens is 3. The molecule has 4 N–H and O–H groups in total. The zero-order valence-corrected chi connectivity index (χ0v) is 6.22. The van der Waals surface area contributed by atoms with Crippen LogP contribution in [-0.4, -0.2) is 24.3 Å². The van der Waals surface area contributed by atoms with Crippen molar-refractivity contribution < 1.29 is 8.60 Å². The first-order valence-corrected chi connectivity index (χ1v) is 6.41. The van der Waals surface area contributed by atoms with Gasteiger partial charge in [-0.2, -0.15) is 0 Å². The third-order valence-electron chi connectivity index (χ3n) is 0.378. The summed E-state index contributed by atoms with van der Waals surface area (Å²) in [5.41, 5.74) is 8.63. The molecule has 0 aromatic carbocycles. The van der Waals surface area contributed by atoms with Crippen LogP contribution < -0.4 is 11.5 Å². The van der Waals surface area contributed by atoms with Crippen molar-refractivity contribution in [1.82, 2.24) is 0 Å². The molecule has 0 aliphatic carbocycles. The molecule has 44 valence electrons.